The number of hydrogen-bond donors (Lipinski definition) is 1. The van der Waals surface area contributed by atoms with Gasteiger partial charge in [0.25, 0.3) is 0 Å². The molecule has 0 heterocycles. The SMILES string of the molecule is CC(CN(C)C(=O)C=Cc1cccc(OCc2ccccc2)c1)C(=O)O. The molecule has 0 aromatic heterocycles. The summed E-state index contributed by atoms with van der Waals surface area (Å²) in [5.74, 6) is -1.05. The van der Waals surface area contributed by atoms with Gasteiger partial charge < -0.3 is 14.7 Å². The van der Waals surface area contributed by atoms with Crippen molar-refractivity contribution in [2.45, 2.75) is 13.5 Å². The molecule has 1 unspecified atom stereocenters. The molecule has 136 valence electrons. The second kappa shape index (κ2) is 9.42. The van der Waals surface area contributed by atoms with Crippen molar-refractivity contribution in [1.29, 1.82) is 0 Å². The second-order valence-electron chi connectivity index (χ2n) is 6.14. The molecule has 1 amide bonds. The Morgan fingerprint density at radius 2 is 1.88 bits per heavy atom. The largest absolute Gasteiger partial charge is 0.489 e. The molecule has 0 aliphatic carbocycles. The summed E-state index contributed by atoms with van der Waals surface area (Å²) < 4.78 is 5.77. The van der Waals surface area contributed by atoms with Crippen LogP contribution in [0, 0.1) is 5.92 Å². The topological polar surface area (TPSA) is 66.8 Å². The molecule has 5 nitrogen and oxygen atoms in total. The molecule has 0 aliphatic rings. The number of carbonyl (C=O) groups excluding carboxylic acids is 1. The molecule has 2 aromatic rings. The Labute approximate surface area is 153 Å². The summed E-state index contributed by atoms with van der Waals surface area (Å²) in [5.41, 5.74) is 1.92. The van der Waals surface area contributed by atoms with E-state index in [0.29, 0.717) is 6.61 Å². The fourth-order valence-corrected chi connectivity index (χ4v) is 2.32. The zero-order valence-electron chi connectivity index (χ0n) is 15.0. The highest BCUT2D eigenvalue weighted by Crippen LogP contribution is 2.16. The maximum absolute atomic E-state index is 12.1. The van der Waals surface area contributed by atoms with Crippen LogP contribution in [0.25, 0.3) is 6.08 Å². The number of likely N-dealkylation sites (N-methyl/N-ethyl adjacent to an activating group) is 1. The Morgan fingerprint density at radius 1 is 1.15 bits per heavy atom. The molecule has 1 atom stereocenters. The van der Waals surface area contributed by atoms with Gasteiger partial charge in [0.1, 0.15) is 12.4 Å². The van der Waals surface area contributed by atoms with E-state index in [-0.39, 0.29) is 12.5 Å². The predicted molar refractivity (Wildman–Crippen MR) is 101 cm³/mol. The van der Waals surface area contributed by atoms with E-state index in [1.165, 1.54) is 11.0 Å². The molecule has 0 saturated carbocycles. The van der Waals surface area contributed by atoms with Gasteiger partial charge in [-0.3, -0.25) is 9.59 Å². The Hall–Kier alpha value is -3.08. The molecule has 5 heteroatoms. The lowest BCUT2D eigenvalue weighted by Gasteiger charge is -2.17. The second-order valence-corrected chi connectivity index (χ2v) is 6.14. The van der Waals surface area contributed by atoms with Crippen LogP contribution in [0.2, 0.25) is 0 Å². The van der Waals surface area contributed by atoms with E-state index in [0.717, 1.165) is 16.9 Å². The first-order chi connectivity index (χ1) is 12.5. The number of rotatable bonds is 8. The Bertz CT molecular complexity index is 771. The Morgan fingerprint density at radius 3 is 2.58 bits per heavy atom. The van der Waals surface area contributed by atoms with Gasteiger partial charge in [0, 0.05) is 19.7 Å². The van der Waals surface area contributed by atoms with Gasteiger partial charge >= 0.3 is 5.97 Å². The fraction of sp³-hybridized carbons (Fsp3) is 0.238. The van der Waals surface area contributed by atoms with Crippen molar-refractivity contribution in [2.24, 2.45) is 5.92 Å². The van der Waals surface area contributed by atoms with Crippen LogP contribution in [0.4, 0.5) is 0 Å². The zero-order chi connectivity index (χ0) is 18.9. The van der Waals surface area contributed by atoms with E-state index < -0.39 is 11.9 Å². The van der Waals surface area contributed by atoms with Crippen LogP contribution >= 0.6 is 0 Å². The fourth-order valence-electron chi connectivity index (χ4n) is 2.32. The third-order valence-electron chi connectivity index (χ3n) is 3.87. The quantitative estimate of drug-likeness (QED) is 0.738. The molecular weight excluding hydrogens is 330 g/mol. The van der Waals surface area contributed by atoms with Gasteiger partial charge in [-0.2, -0.15) is 0 Å². The average molecular weight is 353 g/mol. The Kier molecular flexibility index (Phi) is 6.97. The number of hydrogen-bond acceptors (Lipinski definition) is 3. The number of benzene rings is 2. The molecule has 0 fully saturated rings. The van der Waals surface area contributed by atoms with Gasteiger partial charge in [0.05, 0.1) is 5.92 Å². The molecule has 0 spiro atoms. The van der Waals surface area contributed by atoms with Crippen LogP contribution in [-0.4, -0.2) is 35.5 Å². The van der Waals surface area contributed by atoms with E-state index in [1.807, 2.05) is 54.6 Å². The zero-order valence-corrected chi connectivity index (χ0v) is 15.0. The highest BCUT2D eigenvalue weighted by atomic mass is 16.5. The number of carboxylic acids is 1. The smallest absolute Gasteiger partial charge is 0.308 e. The van der Waals surface area contributed by atoms with Crippen LogP contribution in [-0.2, 0) is 16.2 Å². The van der Waals surface area contributed by atoms with Crippen LogP contribution in [0.15, 0.2) is 60.7 Å². The molecule has 26 heavy (non-hydrogen) atoms. The van der Waals surface area contributed by atoms with E-state index in [1.54, 1.807) is 20.0 Å². The van der Waals surface area contributed by atoms with Crippen molar-refractivity contribution in [2.75, 3.05) is 13.6 Å². The van der Waals surface area contributed by atoms with Crippen molar-refractivity contribution in [1.82, 2.24) is 4.90 Å². The van der Waals surface area contributed by atoms with E-state index in [2.05, 4.69) is 0 Å². The third-order valence-corrected chi connectivity index (χ3v) is 3.87. The summed E-state index contributed by atoms with van der Waals surface area (Å²) in [4.78, 5) is 24.3. The normalized spacial score (nSPS) is 11.9. The van der Waals surface area contributed by atoms with E-state index >= 15 is 0 Å². The monoisotopic (exact) mass is 353 g/mol. The molecule has 2 aromatic carbocycles. The average Bonchev–Trinajstić information content (AvgIpc) is 2.65. The van der Waals surface area contributed by atoms with Crippen molar-refractivity contribution >= 4 is 18.0 Å². The minimum atomic E-state index is -0.920. The van der Waals surface area contributed by atoms with Crippen molar-refractivity contribution in [3.05, 3.63) is 71.8 Å². The number of nitrogens with zero attached hydrogens (tertiary/aromatic N) is 1. The third kappa shape index (κ3) is 6.09. The summed E-state index contributed by atoms with van der Waals surface area (Å²) >= 11 is 0. The number of amides is 1. The van der Waals surface area contributed by atoms with Gasteiger partial charge in [0.15, 0.2) is 0 Å². The first kappa shape index (κ1) is 19.2. The maximum atomic E-state index is 12.1. The van der Waals surface area contributed by atoms with E-state index in [4.69, 9.17) is 9.84 Å². The highest BCUT2D eigenvalue weighted by molar-refractivity contribution is 5.91. The van der Waals surface area contributed by atoms with Gasteiger partial charge in [0.2, 0.25) is 5.91 Å². The predicted octanol–water partition coefficient (Wildman–Crippen LogP) is 3.46. The molecular formula is C21H23NO4. The minimum absolute atomic E-state index is 0.165. The summed E-state index contributed by atoms with van der Waals surface area (Å²) in [6, 6.07) is 17.3. The molecule has 0 radical (unpaired) electrons. The molecule has 2 rings (SSSR count). The van der Waals surface area contributed by atoms with E-state index in [9.17, 15) is 9.59 Å². The molecule has 0 saturated heterocycles. The van der Waals surface area contributed by atoms with Gasteiger partial charge in [-0.05, 0) is 29.3 Å². The van der Waals surface area contributed by atoms with Gasteiger partial charge in [-0.15, -0.1) is 0 Å². The first-order valence-electron chi connectivity index (χ1n) is 8.38. The van der Waals surface area contributed by atoms with Crippen molar-refractivity contribution < 1.29 is 19.4 Å². The standard InChI is InChI=1S/C21H23NO4/c1-16(21(24)25)14-22(2)20(23)12-11-17-9-6-10-19(13-17)26-15-18-7-4-3-5-8-18/h3-13,16H,14-15H2,1-2H3,(H,24,25). The van der Waals surface area contributed by atoms with Gasteiger partial charge in [-0.25, -0.2) is 0 Å². The lowest BCUT2D eigenvalue weighted by atomic mass is 10.1. The summed E-state index contributed by atoms with van der Waals surface area (Å²) in [6.07, 6.45) is 3.13. The summed E-state index contributed by atoms with van der Waals surface area (Å²) in [5, 5.41) is 8.91. The summed E-state index contributed by atoms with van der Waals surface area (Å²) in [6.45, 7) is 2.21. The highest BCUT2D eigenvalue weighted by Gasteiger charge is 2.15. The minimum Gasteiger partial charge on any atom is -0.489 e. The van der Waals surface area contributed by atoms with Crippen LogP contribution in [0.5, 0.6) is 5.75 Å². The number of carboxylic acid groups (broad SMARTS) is 1. The van der Waals surface area contributed by atoms with Crippen molar-refractivity contribution in [3.63, 3.8) is 0 Å². The lowest BCUT2D eigenvalue weighted by molar-refractivity contribution is -0.142. The number of ether oxygens (including phenoxy) is 1. The molecule has 0 bridgehead atoms. The van der Waals surface area contributed by atoms with Gasteiger partial charge in [-0.1, -0.05) is 49.4 Å². The number of aliphatic carboxylic acids is 1. The van der Waals surface area contributed by atoms with Crippen LogP contribution in [0.3, 0.4) is 0 Å². The maximum Gasteiger partial charge on any atom is 0.308 e. The summed E-state index contributed by atoms with van der Waals surface area (Å²) in [7, 11) is 1.59. The van der Waals surface area contributed by atoms with Crippen molar-refractivity contribution in [3.8, 4) is 5.75 Å². The molecule has 0 aliphatic heterocycles. The molecule has 1 N–H and O–H groups in total. The number of carbonyl (C=O) groups is 2. The Balaban J connectivity index is 1.93. The first-order valence-corrected chi connectivity index (χ1v) is 8.38. The van der Waals surface area contributed by atoms with Crippen LogP contribution < -0.4 is 4.74 Å². The van der Waals surface area contributed by atoms with Crippen LogP contribution in [0.1, 0.15) is 18.1 Å². The lowest BCUT2D eigenvalue weighted by Crippen LogP contribution is -2.32.